The third-order valence-electron chi connectivity index (χ3n) is 5.69. The highest BCUT2D eigenvalue weighted by Crippen LogP contribution is 2.20. The molecular formula is C27H28N4O2. The van der Waals surface area contributed by atoms with Crippen LogP contribution in [0.3, 0.4) is 0 Å². The van der Waals surface area contributed by atoms with E-state index in [2.05, 4.69) is 40.0 Å². The summed E-state index contributed by atoms with van der Waals surface area (Å²) in [6.45, 7) is 2.66. The average Bonchev–Trinajstić information content (AvgIpc) is 2.85. The van der Waals surface area contributed by atoms with Crippen LogP contribution >= 0.6 is 0 Å². The first-order valence-corrected chi connectivity index (χ1v) is 11.2. The van der Waals surface area contributed by atoms with Crippen LogP contribution in [0.15, 0.2) is 95.9 Å². The number of aromatic nitrogens is 2. The monoisotopic (exact) mass is 440 g/mol. The van der Waals surface area contributed by atoms with Crippen LogP contribution < -0.4 is 16.2 Å². The molecule has 0 saturated heterocycles. The molecule has 4 rings (SSSR count). The molecule has 0 fully saturated rings. The van der Waals surface area contributed by atoms with Gasteiger partial charge in [-0.2, -0.15) is 5.10 Å². The van der Waals surface area contributed by atoms with Gasteiger partial charge >= 0.3 is 6.03 Å². The van der Waals surface area contributed by atoms with Gasteiger partial charge in [-0.1, -0.05) is 78.9 Å². The van der Waals surface area contributed by atoms with Crippen LogP contribution in [0.1, 0.15) is 24.0 Å². The molecule has 0 radical (unpaired) electrons. The van der Waals surface area contributed by atoms with Gasteiger partial charge in [0, 0.05) is 23.9 Å². The Kier molecular flexibility index (Phi) is 7.15. The largest absolute Gasteiger partial charge is 0.338 e. The molecule has 2 N–H and O–H groups in total. The normalized spacial score (nSPS) is 12.8. The van der Waals surface area contributed by atoms with Crippen molar-refractivity contribution >= 4 is 16.8 Å². The van der Waals surface area contributed by atoms with E-state index in [1.165, 1.54) is 15.8 Å². The van der Waals surface area contributed by atoms with Crippen LogP contribution in [0.5, 0.6) is 0 Å². The fraction of sp³-hybridized carbons (Fsp3) is 0.222. The highest BCUT2D eigenvalue weighted by molar-refractivity contribution is 5.80. The molecular weight excluding hydrogens is 412 g/mol. The first-order valence-electron chi connectivity index (χ1n) is 11.2. The lowest BCUT2D eigenvalue weighted by Gasteiger charge is -2.20. The van der Waals surface area contributed by atoms with Gasteiger partial charge in [0.25, 0.3) is 5.56 Å². The van der Waals surface area contributed by atoms with E-state index in [0.717, 1.165) is 11.8 Å². The van der Waals surface area contributed by atoms with Gasteiger partial charge in [0.2, 0.25) is 0 Å². The van der Waals surface area contributed by atoms with Crippen molar-refractivity contribution in [1.82, 2.24) is 20.4 Å². The molecule has 6 nitrogen and oxygen atoms in total. The Labute approximate surface area is 193 Å². The molecule has 0 saturated carbocycles. The summed E-state index contributed by atoms with van der Waals surface area (Å²) in [5.41, 5.74) is 2.25. The van der Waals surface area contributed by atoms with Gasteiger partial charge in [-0.3, -0.25) is 4.79 Å². The van der Waals surface area contributed by atoms with Gasteiger partial charge in [0.1, 0.15) is 0 Å². The number of hydrogen-bond acceptors (Lipinski definition) is 3. The van der Waals surface area contributed by atoms with Crippen molar-refractivity contribution in [2.75, 3.05) is 6.54 Å². The first kappa shape index (κ1) is 22.3. The van der Waals surface area contributed by atoms with E-state index < -0.39 is 0 Å². The summed E-state index contributed by atoms with van der Waals surface area (Å²) >= 11 is 0. The molecule has 0 aliphatic rings. The third kappa shape index (κ3) is 5.86. The van der Waals surface area contributed by atoms with Crippen LogP contribution in [-0.2, 0) is 13.0 Å². The SMILES string of the molecule is CC(Cn1ncc2ccccc2c1=O)NC(=O)NCC(Cc1ccccc1)c1ccccc1. The summed E-state index contributed by atoms with van der Waals surface area (Å²) in [6.07, 6.45) is 2.51. The van der Waals surface area contributed by atoms with Gasteiger partial charge in [-0.05, 0) is 30.5 Å². The molecule has 2 unspecified atom stereocenters. The van der Waals surface area contributed by atoms with E-state index >= 15 is 0 Å². The molecule has 168 valence electrons. The zero-order chi connectivity index (χ0) is 23.0. The van der Waals surface area contributed by atoms with E-state index in [1.807, 2.05) is 61.5 Å². The van der Waals surface area contributed by atoms with Gasteiger partial charge in [-0.15, -0.1) is 0 Å². The molecule has 0 bridgehead atoms. The van der Waals surface area contributed by atoms with Crippen LogP contribution in [0.2, 0.25) is 0 Å². The van der Waals surface area contributed by atoms with Crippen molar-refractivity contribution in [1.29, 1.82) is 0 Å². The fourth-order valence-corrected chi connectivity index (χ4v) is 3.99. The van der Waals surface area contributed by atoms with Gasteiger partial charge < -0.3 is 10.6 Å². The highest BCUT2D eigenvalue weighted by atomic mass is 16.2. The van der Waals surface area contributed by atoms with Crippen molar-refractivity contribution < 1.29 is 4.79 Å². The van der Waals surface area contributed by atoms with E-state index in [9.17, 15) is 9.59 Å². The number of urea groups is 1. The summed E-state index contributed by atoms with van der Waals surface area (Å²) < 4.78 is 1.40. The van der Waals surface area contributed by atoms with Crippen molar-refractivity contribution in [2.24, 2.45) is 0 Å². The van der Waals surface area contributed by atoms with Crippen LogP contribution in [0.25, 0.3) is 10.8 Å². The fourth-order valence-electron chi connectivity index (χ4n) is 3.99. The van der Waals surface area contributed by atoms with E-state index in [-0.39, 0.29) is 23.6 Å². The van der Waals surface area contributed by atoms with E-state index in [0.29, 0.717) is 18.5 Å². The standard InChI is InChI=1S/C27H28N4O2/c1-20(19-31-26(32)25-15-9-8-14-23(25)18-29-31)30-27(33)28-17-24(22-12-6-3-7-13-22)16-21-10-4-2-5-11-21/h2-15,18,20,24H,16-17,19H2,1H3,(H2,28,30,33). The smallest absolute Gasteiger partial charge is 0.315 e. The quantitative estimate of drug-likeness (QED) is 0.433. The van der Waals surface area contributed by atoms with Gasteiger partial charge in [-0.25, -0.2) is 9.48 Å². The van der Waals surface area contributed by atoms with Crippen molar-refractivity contribution in [2.45, 2.75) is 31.8 Å². The van der Waals surface area contributed by atoms with Crippen molar-refractivity contribution in [3.05, 3.63) is 113 Å². The Morgan fingerprint density at radius 1 is 0.939 bits per heavy atom. The predicted octanol–water partition coefficient (Wildman–Crippen LogP) is 4.11. The molecule has 2 amide bonds. The number of hydrogen-bond donors (Lipinski definition) is 2. The molecule has 3 aromatic carbocycles. The molecule has 1 aromatic heterocycles. The second-order valence-corrected chi connectivity index (χ2v) is 8.27. The zero-order valence-corrected chi connectivity index (χ0v) is 18.6. The number of nitrogens with zero attached hydrogens (tertiary/aromatic N) is 2. The van der Waals surface area contributed by atoms with E-state index in [1.54, 1.807) is 12.3 Å². The predicted molar refractivity (Wildman–Crippen MR) is 131 cm³/mol. The number of amides is 2. The van der Waals surface area contributed by atoms with Gasteiger partial charge in [0.05, 0.1) is 18.1 Å². The number of carbonyl (C=O) groups is 1. The lowest BCUT2D eigenvalue weighted by Crippen LogP contribution is -2.45. The second kappa shape index (κ2) is 10.6. The minimum Gasteiger partial charge on any atom is -0.338 e. The molecule has 2 atom stereocenters. The topological polar surface area (TPSA) is 76.0 Å². The minimum absolute atomic E-state index is 0.152. The maximum Gasteiger partial charge on any atom is 0.315 e. The Morgan fingerprint density at radius 2 is 1.61 bits per heavy atom. The number of carbonyl (C=O) groups excluding carboxylic acids is 1. The number of rotatable bonds is 8. The molecule has 1 heterocycles. The summed E-state index contributed by atoms with van der Waals surface area (Å²) in [4.78, 5) is 25.3. The van der Waals surface area contributed by atoms with E-state index in [4.69, 9.17) is 0 Å². The minimum atomic E-state index is -0.263. The lowest BCUT2D eigenvalue weighted by molar-refractivity contribution is 0.235. The van der Waals surface area contributed by atoms with Crippen molar-refractivity contribution in [3.8, 4) is 0 Å². The second-order valence-electron chi connectivity index (χ2n) is 8.27. The molecule has 0 aliphatic heterocycles. The van der Waals surface area contributed by atoms with Gasteiger partial charge in [0.15, 0.2) is 0 Å². The summed E-state index contributed by atoms with van der Waals surface area (Å²) in [5.74, 6) is 0.152. The number of benzene rings is 3. The molecule has 0 aliphatic carbocycles. The first-order chi connectivity index (χ1) is 16.1. The summed E-state index contributed by atoms with van der Waals surface area (Å²) in [6, 6.07) is 27.3. The maximum absolute atomic E-state index is 12.7. The maximum atomic E-state index is 12.7. The number of fused-ring (bicyclic) bond motifs is 1. The number of nitrogens with one attached hydrogen (secondary N) is 2. The lowest BCUT2D eigenvalue weighted by atomic mass is 9.92. The van der Waals surface area contributed by atoms with Crippen LogP contribution in [0, 0.1) is 0 Å². The third-order valence-corrected chi connectivity index (χ3v) is 5.69. The Hall–Kier alpha value is -3.93. The molecule has 6 heteroatoms. The highest BCUT2D eigenvalue weighted by Gasteiger charge is 2.15. The van der Waals surface area contributed by atoms with Crippen LogP contribution in [-0.4, -0.2) is 28.4 Å². The zero-order valence-electron chi connectivity index (χ0n) is 18.6. The Balaban J connectivity index is 1.37. The Bertz CT molecular complexity index is 1260. The molecule has 4 aromatic rings. The Morgan fingerprint density at radius 3 is 2.36 bits per heavy atom. The summed E-state index contributed by atoms with van der Waals surface area (Å²) in [5, 5.41) is 11.6. The molecule has 33 heavy (non-hydrogen) atoms. The van der Waals surface area contributed by atoms with Crippen LogP contribution in [0.4, 0.5) is 4.79 Å². The molecule has 0 spiro atoms. The summed E-state index contributed by atoms with van der Waals surface area (Å²) in [7, 11) is 0. The average molecular weight is 441 g/mol. The van der Waals surface area contributed by atoms with Crippen molar-refractivity contribution in [3.63, 3.8) is 0 Å².